The largest absolute Gasteiger partial charge is 0.471 e. The molecule has 0 heterocycles. The van der Waals surface area contributed by atoms with Gasteiger partial charge in [0.25, 0.3) is 0 Å². The first kappa shape index (κ1) is 13.5. The molecule has 0 saturated carbocycles. The number of hydrogen-bond acceptors (Lipinski definition) is 2. The molecule has 4 nitrogen and oxygen atoms in total. The summed E-state index contributed by atoms with van der Waals surface area (Å²) < 4.78 is 35.6. The number of carbonyl (C=O) groups excluding carboxylic acids is 2. The third-order valence-electron chi connectivity index (χ3n) is 2.51. The van der Waals surface area contributed by atoms with Gasteiger partial charge in [0.1, 0.15) is 0 Å². The predicted molar refractivity (Wildman–Crippen MR) is 53.6 cm³/mol. The van der Waals surface area contributed by atoms with Gasteiger partial charge in [-0.1, -0.05) is 12.2 Å². The van der Waals surface area contributed by atoms with E-state index in [1.807, 2.05) is 5.32 Å². The highest BCUT2D eigenvalue weighted by Crippen LogP contribution is 2.25. The van der Waals surface area contributed by atoms with Gasteiger partial charge in [-0.15, -0.1) is 0 Å². The molecule has 0 aromatic carbocycles. The minimum absolute atomic E-state index is 0.0414. The molecule has 2 amide bonds. The molecule has 0 unspecified atom stereocenters. The molecule has 0 aromatic rings. The standard InChI is InChI=1S/C10H13F3N2O2/c11-10(12,13)9(17)15-5-7-2-1-6(3-7)4-8(14)16/h1-2,6-7H,3-5H2,(H2,14,16)(H,15,17)/t6-,7+/m1/s1. The summed E-state index contributed by atoms with van der Waals surface area (Å²) in [5.74, 6) is -2.60. The van der Waals surface area contributed by atoms with Crippen LogP contribution in [0.1, 0.15) is 12.8 Å². The Labute approximate surface area is 96.0 Å². The van der Waals surface area contributed by atoms with E-state index >= 15 is 0 Å². The predicted octanol–water partition coefficient (Wildman–Crippen LogP) is 0.733. The van der Waals surface area contributed by atoms with Gasteiger partial charge in [0.2, 0.25) is 5.91 Å². The number of nitrogens with two attached hydrogens (primary N) is 1. The van der Waals surface area contributed by atoms with Gasteiger partial charge in [-0.25, -0.2) is 0 Å². The van der Waals surface area contributed by atoms with Crippen LogP contribution in [0.25, 0.3) is 0 Å². The zero-order valence-electron chi connectivity index (χ0n) is 8.96. The van der Waals surface area contributed by atoms with E-state index in [0.29, 0.717) is 6.42 Å². The van der Waals surface area contributed by atoms with Crippen LogP contribution in [-0.4, -0.2) is 24.5 Å². The molecule has 0 aromatic heterocycles. The van der Waals surface area contributed by atoms with E-state index in [4.69, 9.17) is 5.73 Å². The number of hydrogen-bond donors (Lipinski definition) is 2. The topological polar surface area (TPSA) is 72.2 Å². The molecule has 0 radical (unpaired) electrons. The zero-order valence-corrected chi connectivity index (χ0v) is 8.96. The van der Waals surface area contributed by atoms with Crippen LogP contribution in [0.4, 0.5) is 13.2 Å². The quantitative estimate of drug-likeness (QED) is 0.722. The van der Waals surface area contributed by atoms with Gasteiger partial charge in [0.15, 0.2) is 0 Å². The van der Waals surface area contributed by atoms with E-state index in [-0.39, 0.29) is 24.8 Å². The lowest BCUT2D eigenvalue weighted by Gasteiger charge is -2.13. The molecule has 0 fully saturated rings. The average molecular weight is 250 g/mol. The number of primary amides is 1. The van der Waals surface area contributed by atoms with Crippen molar-refractivity contribution in [2.75, 3.05) is 6.54 Å². The molecule has 1 aliphatic rings. The highest BCUT2D eigenvalue weighted by Gasteiger charge is 2.38. The minimum atomic E-state index is -4.85. The number of amides is 2. The van der Waals surface area contributed by atoms with Crippen LogP contribution >= 0.6 is 0 Å². The van der Waals surface area contributed by atoms with Gasteiger partial charge < -0.3 is 11.1 Å². The van der Waals surface area contributed by atoms with E-state index in [0.717, 1.165) is 0 Å². The second-order valence-corrected chi connectivity index (χ2v) is 4.02. The maximum atomic E-state index is 11.9. The summed E-state index contributed by atoms with van der Waals surface area (Å²) in [5.41, 5.74) is 5.01. The summed E-state index contributed by atoms with van der Waals surface area (Å²) in [4.78, 5) is 21.2. The lowest BCUT2D eigenvalue weighted by Crippen LogP contribution is -2.39. The lowest BCUT2D eigenvalue weighted by molar-refractivity contribution is -0.173. The fraction of sp³-hybridized carbons (Fsp3) is 0.600. The Morgan fingerprint density at radius 2 is 1.88 bits per heavy atom. The Bertz CT molecular complexity index is 339. The molecule has 2 atom stereocenters. The summed E-state index contributed by atoms with van der Waals surface area (Å²) >= 11 is 0. The monoisotopic (exact) mass is 250 g/mol. The fourth-order valence-corrected chi connectivity index (χ4v) is 1.75. The van der Waals surface area contributed by atoms with Crippen molar-refractivity contribution in [3.63, 3.8) is 0 Å². The molecular weight excluding hydrogens is 237 g/mol. The average Bonchev–Trinajstić information content (AvgIpc) is 2.59. The van der Waals surface area contributed by atoms with Crippen molar-refractivity contribution in [3.05, 3.63) is 12.2 Å². The van der Waals surface area contributed by atoms with Crippen LogP contribution in [0.2, 0.25) is 0 Å². The van der Waals surface area contributed by atoms with Gasteiger partial charge >= 0.3 is 12.1 Å². The number of alkyl halides is 3. The summed E-state index contributed by atoms with van der Waals surface area (Å²) in [7, 11) is 0. The Morgan fingerprint density at radius 3 is 2.41 bits per heavy atom. The van der Waals surface area contributed by atoms with Gasteiger partial charge in [0.05, 0.1) is 0 Å². The van der Waals surface area contributed by atoms with Crippen molar-refractivity contribution in [1.82, 2.24) is 5.32 Å². The van der Waals surface area contributed by atoms with Gasteiger partial charge in [-0.2, -0.15) is 13.2 Å². The Kier molecular flexibility index (Phi) is 4.14. The molecule has 1 rings (SSSR count). The van der Waals surface area contributed by atoms with Crippen molar-refractivity contribution < 1.29 is 22.8 Å². The molecule has 96 valence electrons. The second-order valence-electron chi connectivity index (χ2n) is 4.02. The first-order chi connectivity index (χ1) is 7.79. The molecule has 0 saturated heterocycles. The van der Waals surface area contributed by atoms with E-state index < -0.39 is 18.0 Å². The zero-order chi connectivity index (χ0) is 13.1. The van der Waals surface area contributed by atoms with Crippen molar-refractivity contribution in [2.45, 2.75) is 19.0 Å². The molecular formula is C10H13F3N2O2. The van der Waals surface area contributed by atoms with Crippen LogP contribution in [-0.2, 0) is 9.59 Å². The molecule has 3 N–H and O–H groups in total. The molecule has 0 bridgehead atoms. The molecule has 1 aliphatic carbocycles. The Hall–Kier alpha value is -1.53. The number of allylic oxidation sites excluding steroid dienone is 1. The Morgan fingerprint density at radius 1 is 1.29 bits per heavy atom. The smallest absolute Gasteiger partial charge is 0.370 e. The summed E-state index contributed by atoms with van der Waals surface area (Å²) in [6.45, 7) is -0.0793. The maximum Gasteiger partial charge on any atom is 0.471 e. The minimum Gasteiger partial charge on any atom is -0.370 e. The number of nitrogens with one attached hydrogen (secondary N) is 1. The number of halogens is 3. The summed E-state index contributed by atoms with van der Waals surface area (Å²) in [6.07, 6.45) is -0.699. The van der Waals surface area contributed by atoms with E-state index in [2.05, 4.69) is 0 Å². The normalized spacial score (nSPS) is 23.7. The van der Waals surface area contributed by atoms with Crippen LogP contribution in [0.3, 0.4) is 0 Å². The van der Waals surface area contributed by atoms with Crippen molar-refractivity contribution >= 4 is 11.8 Å². The lowest BCUT2D eigenvalue weighted by atomic mass is 10.00. The third-order valence-corrected chi connectivity index (χ3v) is 2.51. The molecule has 0 aliphatic heterocycles. The summed E-state index contributed by atoms with van der Waals surface area (Å²) in [5, 5.41) is 1.81. The molecule has 17 heavy (non-hydrogen) atoms. The van der Waals surface area contributed by atoms with Gasteiger partial charge in [-0.05, 0) is 18.3 Å². The third kappa shape index (κ3) is 4.46. The van der Waals surface area contributed by atoms with E-state index in [1.54, 1.807) is 12.2 Å². The highest BCUT2D eigenvalue weighted by atomic mass is 19.4. The van der Waals surface area contributed by atoms with Gasteiger partial charge in [-0.3, -0.25) is 9.59 Å². The van der Waals surface area contributed by atoms with Crippen LogP contribution in [0.5, 0.6) is 0 Å². The van der Waals surface area contributed by atoms with E-state index in [9.17, 15) is 22.8 Å². The first-order valence-corrected chi connectivity index (χ1v) is 5.10. The number of rotatable bonds is 4. The van der Waals surface area contributed by atoms with Crippen LogP contribution in [0.15, 0.2) is 12.2 Å². The number of carbonyl (C=O) groups is 2. The fourth-order valence-electron chi connectivity index (χ4n) is 1.75. The van der Waals surface area contributed by atoms with Crippen molar-refractivity contribution in [1.29, 1.82) is 0 Å². The van der Waals surface area contributed by atoms with Crippen molar-refractivity contribution in [3.8, 4) is 0 Å². The van der Waals surface area contributed by atoms with Crippen LogP contribution in [0, 0.1) is 11.8 Å². The van der Waals surface area contributed by atoms with Gasteiger partial charge in [0, 0.05) is 13.0 Å². The van der Waals surface area contributed by atoms with E-state index in [1.165, 1.54) is 0 Å². The molecule has 0 spiro atoms. The SMILES string of the molecule is NC(=O)C[C@@H]1C=C[C@H](CNC(=O)C(F)(F)F)C1. The van der Waals surface area contributed by atoms with Crippen LogP contribution < -0.4 is 11.1 Å². The maximum absolute atomic E-state index is 11.9. The first-order valence-electron chi connectivity index (χ1n) is 5.10. The summed E-state index contributed by atoms with van der Waals surface area (Å²) in [6, 6.07) is 0. The second kappa shape index (κ2) is 5.20. The Balaban J connectivity index is 2.30. The molecule has 7 heteroatoms. The highest BCUT2D eigenvalue weighted by molar-refractivity contribution is 5.81. The van der Waals surface area contributed by atoms with Crippen molar-refractivity contribution in [2.24, 2.45) is 17.6 Å².